The zero-order valence-corrected chi connectivity index (χ0v) is 15.1. The number of nitrogens with one attached hydrogen (secondary N) is 1. The molecule has 0 aliphatic carbocycles. The lowest BCUT2D eigenvalue weighted by Gasteiger charge is -2.25. The molecule has 7 nitrogen and oxygen atoms in total. The fraction of sp³-hybridized carbons (Fsp3) is 0.389. The summed E-state index contributed by atoms with van der Waals surface area (Å²) in [6.07, 6.45) is 1.67. The van der Waals surface area contributed by atoms with Crippen molar-refractivity contribution in [3.05, 3.63) is 41.1 Å². The number of anilines is 1. The van der Waals surface area contributed by atoms with Gasteiger partial charge in [-0.1, -0.05) is 17.3 Å². The quantitative estimate of drug-likeness (QED) is 0.670. The first-order valence-corrected chi connectivity index (χ1v) is 9.53. The van der Waals surface area contributed by atoms with Crippen molar-refractivity contribution in [2.45, 2.75) is 12.8 Å². The Labute approximate surface area is 154 Å². The van der Waals surface area contributed by atoms with Crippen LogP contribution in [0.15, 0.2) is 34.9 Å². The fourth-order valence-electron chi connectivity index (χ4n) is 2.87. The number of aromatic nitrogens is 2. The van der Waals surface area contributed by atoms with Crippen LogP contribution in [0.2, 0.25) is 0 Å². The van der Waals surface area contributed by atoms with Crippen molar-refractivity contribution in [3.63, 3.8) is 0 Å². The number of carbonyl (C=O) groups is 1. The van der Waals surface area contributed by atoms with Crippen LogP contribution in [0.5, 0.6) is 0 Å². The Balaban J connectivity index is 1.25. The van der Waals surface area contributed by atoms with Crippen molar-refractivity contribution in [1.82, 2.24) is 15.5 Å². The summed E-state index contributed by atoms with van der Waals surface area (Å²) in [5.41, 5.74) is 1.04. The summed E-state index contributed by atoms with van der Waals surface area (Å²) in [5.74, 6) is 0.695. The summed E-state index contributed by atoms with van der Waals surface area (Å²) in [4.78, 5) is 18.8. The summed E-state index contributed by atoms with van der Waals surface area (Å²) < 4.78 is 11.7. The Bertz CT molecular complexity index is 852. The first kappa shape index (κ1) is 17.0. The molecule has 1 aliphatic rings. The molecule has 0 unspecified atom stereocenters. The van der Waals surface area contributed by atoms with E-state index >= 15 is 0 Å². The third kappa shape index (κ3) is 3.86. The first-order chi connectivity index (χ1) is 12.8. The predicted octanol–water partition coefficient (Wildman–Crippen LogP) is 2.48. The molecule has 4 rings (SSSR count). The summed E-state index contributed by atoms with van der Waals surface area (Å²) in [6.45, 7) is 3.42. The largest absolute Gasteiger partial charge is 0.378 e. The number of para-hydroxylation sites is 1. The molecule has 0 bridgehead atoms. The number of amides is 1. The number of rotatable bonds is 6. The zero-order chi connectivity index (χ0) is 17.8. The van der Waals surface area contributed by atoms with Gasteiger partial charge in [-0.05, 0) is 18.6 Å². The van der Waals surface area contributed by atoms with Crippen molar-refractivity contribution in [2.75, 3.05) is 37.7 Å². The van der Waals surface area contributed by atoms with E-state index in [1.54, 1.807) is 17.4 Å². The second-order valence-electron chi connectivity index (χ2n) is 6.08. The van der Waals surface area contributed by atoms with Gasteiger partial charge >= 0.3 is 0 Å². The summed E-state index contributed by atoms with van der Waals surface area (Å²) >= 11 is 1.70. The Morgan fingerprint density at radius 3 is 2.96 bits per heavy atom. The monoisotopic (exact) mass is 372 g/mol. The van der Waals surface area contributed by atoms with Gasteiger partial charge in [-0.15, -0.1) is 11.3 Å². The van der Waals surface area contributed by atoms with Crippen LogP contribution in [0.1, 0.15) is 22.0 Å². The number of hydrogen-bond acceptors (Lipinski definition) is 7. The lowest BCUT2D eigenvalue weighted by Crippen LogP contribution is -2.36. The second kappa shape index (κ2) is 7.84. The molecule has 0 radical (unpaired) electrons. The number of nitrogens with zero attached hydrogens (tertiary/aromatic N) is 3. The van der Waals surface area contributed by atoms with E-state index in [-0.39, 0.29) is 11.7 Å². The van der Waals surface area contributed by atoms with Crippen molar-refractivity contribution in [2.24, 2.45) is 0 Å². The molecule has 1 saturated heterocycles. The Hall–Kier alpha value is -2.45. The Morgan fingerprint density at radius 2 is 2.12 bits per heavy atom. The molecule has 26 heavy (non-hydrogen) atoms. The third-order valence-electron chi connectivity index (χ3n) is 4.25. The third-order valence-corrected chi connectivity index (χ3v) is 5.34. The molecule has 1 N–H and O–H groups in total. The number of ether oxygens (including phenoxy) is 1. The molecule has 1 aromatic carbocycles. The van der Waals surface area contributed by atoms with Gasteiger partial charge in [0.15, 0.2) is 5.82 Å². The maximum absolute atomic E-state index is 12.2. The molecule has 0 saturated carbocycles. The average molecular weight is 372 g/mol. The first-order valence-electron chi connectivity index (χ1n) is 8.72. The van der Waals surface area contributed by atoms with Crippen molar-refractivity contribution in [1.29, 1.82) is 0 Å². The minimum Gasteiger partial charge on any atom is -0.378 e. The highest BCUT2D eigenvalue weighted by Crippen LogP contribution is 2.22. The fourth-order valence-corrected chi connectivity index (χ4v) is 3.88. The van der Waals surface area contributed by atoms with Crippen LogP contribution in [0.4, 0.5) is 5.82 Å². The molecular weight excluding hydrogens is 352 g/mol. The van der Waals surface area contributed by atoms with Crippen molar-refractivity contribution in [3.8, 4) is 0 Å². The van der Waals surface area contributed by atoms with E-state index in [1.807, 2.05) is 18.2 Å². The van der Waals surface area contributed by atoms with Gasteiger partial charge in [0, 0.05) is 32.1 Å². The van der Waals surface area contributed by atoms with Crippen LogP contribution < -0.4 is 10.2 Å². The molecule has 3 heterocycles. The van der Waals surface area contributed by atoms with E-state index in [1.165, 1.54) is 4.70 Å². The highest BCUT2D eigenvalue weighted by Gasteiger charge is 2.18. The van der Waals surface area contributed by atoms with Gasteiger partial charge in [0.1, 0.15) is 0 Å². The lowest BCUT2D eigenvalue weighted by molar-refractivity contribution is 0.0916. The molecule has 3 aromatic rings. The van der Waals surface area contributed by atoms with Crippen LogP contribution in [-0.4, -0.2) is 48.9 Å². The van der Waals surface area contributed by atoms with Gasteiger partial charge in [0.2, 0.25) is 5.76 Å². The van der Waals surface area contributed by atoms with Crippen LogP contribution >= 0.6 is 11.3 Å². The molecule has 0 spiro atoms. The highest BCUT2D eigenvalue weighted by atomic mass is 32.1. The molecule has 0 atom stereocenters. The summed E-state index contributed by atoms with van der Waals surface area (Å²) in [5, 5.41) is 7.96. The Kier molecular flexibility index (Phi) is 5.12. The molecule has 1 amide bonds. The van der Waals surface area contributed by atoms with Gasteiger partial charge < -0.3 is 19.5 Å². The number of morpholine rings is 1. The number of thiazole rings is 1. The van der Waals surface area contributed by atoms with Crippen molar-refractivity contribution < 1.29 is 14.1 Å². The topological polar surface area (TPSA) is 80.5 Å². The summed E-state index contributed by atoms with van der Waals surface area (Å²) in [7, 11) is 0. The lowest BCUT2D eigenvalue weighted by atomic mass is 10.3. The van der Waals surface area contributed by atoms with Gasteiger partial charge in [0.25, 0.3) is 5.91 Å². The smallest absolute Gasteiger partial charge is 0.289 e. The number of benzene rings is 1. The zero-order valence-electron chi connectivity index (χ0n) is 14.3. The van der Waals surface area contributed by atoms with E-state index in [0.29, 0.717) is 25.6 Å². The van der Waals surface area contributed by atoms with E-state index in [0.717, 1.165) is 36.5 Å². The van der Waals surface area contributed by atoms with Crippen LogP contribution in [0, 0.1) is 0 Å². The molecule has 1 fully saturated rings. The molecule has 136 valence electrons. The molecular formula is C18H20N4O3S. The number of hydrogen-bond donors (Lipinski definition) is 1. The maximum atomic E-state index is 12.2. The van der Waals surface area contributed by atoms with Crippen LogP contribution in [0.25, 0.3) is 10.2 Å². The SMILES string of the molecule is O=C(NCCCc1nc2ccccc2s1)c1cc(N2CCOCC2)no1. The highest BCUT2D eigenvalue weighted by molar-refractivity contribution is 7.18. The summed E-state index contributed by atoms with van der Waals surface area (Å²) in [6, 6.07) is 9.80. The van der Waals surface area contributed by atoms with Gasteiger partial charge in [-0.3, -0.25) is 4.79 Å². The minimum atomic E-state index is -0.235. The number of aryl methyl sites for hydroxylation is 1. The van der Waals surface area contributed by atoms with E-state index in [9.17, 15) is 4.79 Å². The van der Waals surface area contributed by atoms with Gasteiger partial charge in [0.05, 0.1) is 28.4 Å². The standard InChI is InChI=1S/C18H20N4O3S/c23-18(14-12-16(21-25-14)22-8-10-24-11-9-22)19-7-3-6-17-20-13-4-1-2-5-15(13)26-17/h1-2,4-5,12H,3,6-11H2,(H,19,23). The predicted molar refractivity (Wildman–Crippen MR) is 99.8 cm³/mol. The van der Waals surface area contributed by atoms with Gasteiger partial charge in [-0.2, -0.15) is 0 Å². The van der Waals surface area contributed by atoms with Gasteiger partial charge in [-0.25, -0.2) is 4.98 Å². The Morgan fingerprint density at radius 1 is 1.27 bits per heavy atom. The normalized spacial score (nSPS) is 14.7. The van der Waals surface area contributed by atoms with E-state index in [2.05, 4.69) is 26.4 Å². The molecule has 2 aromatic heterocycles. The van der Waals surface area contributed by atoms with Crippen LogP contribution in [-0.2, 0) is 11.2 Å². The second-order valence-corrected chi connectivity index (χ2v) is 7.20. The van der Waals surface area contributed by atoms with E-state index < -0.39 is 0 Å². The number of fused-ring (bicyclic) bond motifs is 1. The van der Waals surface area contributed by atoms with E-state index in [4.69, 9.17) is 9.26 Å². The average Bonchev–Trinajstić information content (AvgIpc) is 3.32. The minimum absolute atomic E-state index is 0.235. The van der Waals surface area contributed by atoms with Crippen molar-refractivity contribution >= 4 is 33.3 Å². The number of carbonyl (C=O) groups excluding carboxylic acids is 1. The molecule has 1 aliphatic heterocycles. The van der Waals surface area contributed by atoms with Crippen LogP contribution in [0.3, 0.4) is 0 Å². The molecule has 8 heteroatoms. The maximum Gasteiger partial charge on any atom is 0.289 e.